The minimum atomic E-state index is -0.958. The first-order chi connectivity index (χ1) is 9.82. The monoisotopic (exact) mass is 312 g/mol. The number of imide groups is 2. The zero-order chi connectivity index (χ0) is 15.7. The van der Waals surface area contributed by atoms with Crippen molar-refractivity contribution in [2.24, 2.45) is 5.92 Å². The van der Waals surface area contributed by atoms with Crippen molar-refractivity contribution < 1.29 is 18.8 Å². The van der Waals surface area contributed by atoms with Gasteiger partial charge in [-0.25, -0.2) is 9.18 Å². The normalized spacial score (nSPS) is 15.6. The zero-order valence-electron chi connectivity index (χ0n) is 11.6. The average Bonchev–Trinajstić information content (AvgIpc) is 2.59. The van der Waals surface area contributed by atoms with E-state index in [1.165, 1.54) is 18.2 Å². The van der Waals surface area contributed by atoms with E-state index in [-0.39, 0.29) is 29.6 Å². The predicted molar refractivity (Wildman–Crippen MR) is 73.9 cm³/mol. The quantitative estimate of drug-likeness (QED) is 0.634. The Balaban J connectivity index is 2.27. The Morgan fingerprint density at radius 1 is 1.14 bits per heavy atom. The molecule has 0 unspecified atom stereocenters. The molecule has 112 valence electrons. The summed E-state index contributed by atoms with van der Waals surface area (Å²) in [6.45, 7) is 3.43. The van der Waals surface area contributed by atoms with Crippen LogP contribution in [0.15, 0.2) is 18.2 Å². The number of halogens is 2. The minimum absolute atomic E-state index is 0.0139. The Morgan fingerprint density at radius 2 is 1.76 bits per heavy atom. The first-order valence-electron chi connectivity index (χ1n) is 6.43. The maximum Gasteiger partial charge on any atom is 0.334 e. The lowest BCUT2D eigenvalue weighted by atomic mass is 10.2. The molecule has 4 amide bonds. The molecule has 1 aromatic carbocycles. The number of urea groups is 1. The van der Waals surface area contributed by atoms with E-state index in [1.54, 1.807) is 0 Å². The van der Waals surface area contributed by atoms with E-state index in [4.69, 9.17) is 11.6 Å². The fourth-order valence-corrected chi connectivity index (χ4v) is 2.28. The molecule has 0 atom stereocenters. The van der Waals surface area contributed by atoms with Gasteiger partial charge in [0.2, 0.25) is 0 Å². The van der Waals surface area contributed by atoms with Crippen LogP contribution in [0.5, 0.6) is 0 Å². The van der Waals surface area contributed by atoms with E-state index in [0.29, 0.717) is 0 Å². The second-order valence-electron chi connectivity index (χ2n) is 5.18. The third-order valence-corrected chi connectivity index (χ3v) is 3.41. The van der Waals surface area contributed by atoms with Crippen LogP contribution in [0, 0.1) is 11.7 Å². The molecule has 1 heterocycles. The highest BCUT2D eigenvalue weighted by molar-refractivity contribution is 6.44. The molecule has 1 fully saturated rings. The van der Waals surface area contributed by atoms with Gasteiger partial charge in [-0.15, -0.1) is 0 Å². The van der Waals surface area contributed by atoms with Crippen molar-refractivity contribution in [3.63, 3.8) is 0 Å². The molecule has 5 nitrogen and oxygen atoms in total. The Labute approximate surface area is 126 Å². The molecule has 21 heavy (non-hydrogen) atoms. The molecule has 0 aromatic heterocycles. The third kappa shape index (κ3) is 2.90. The molecule has 0 bridgehead atoms. The smallest absolute Gasteiger partial charge is 0.263 e. The van der Waals surface area contributed by atoms with Crippen LogP contribution in [0.3, 0.4) is 0 Å². The lowest BCUT2D eigenvalue weighted by Crippen LogP contribution is -2.35. The standard InChI is InChI=1S/C14H14ClFN2O3/c1-8(2)6-17-12(19)13(20)18(14(17)21)7-9-10(15)4-3-5-11(9)16/h3-5,8H,6-7H2,1-2H3. The highest BCUT2D eigenvalue weighted by Gasteiger charge is 2.44. The Kier molecular flexibility index (Phi) is 4.27. The number of hydrogen-bond donors (Lipinski definition) is 0. The Bertz CT molecular complexity index is 598. The largest absolute Gasteiger partial charge is 0.334 e. The first kappa shape index (κ1) is 15.4. The van der Waals surface area contributed by atoms with E-state index in [2.05, 4.69) is 0 Å². The second-order valence-corrected chi connectivity index (χ2v) is 5.59. The van der Waals surface area contributed by atoms with Crippen LogP contribution in [-0.2, 0) is 16.1 Å². The summed E-state index contributed by atoms with van der Waals surface area (Å²) >= 11 is 5.87. The van der Waals surface area contributed by atoms with Crippen LogP contribution < -0.4 is 0 Å². The van der Waals surface area contributed by atoms with Gasteiger partial charge in [-0.1, -0.05) is 31.5 Å². The Morgan fingerprint density at radius 3 is 2.33 bits per heavy atom. The van der Waals surface area contributed by atoms with Gasteiger partial charge < -0.3 is 0 Å². The maximum absolute atomic E-state index is 13.7. The van der Waals surface area contributed by atoms with E-state index < -0.39 is 23.7 Å². The zero-order valence-corrected chi connectivity index (χ0v) is 12.4. The topological polar surface area (TPSA) is 57.7 Å². The molecular formula is C14H14ClFN2O3. The summed E-state index contributed by atoms with van der Waals surface area (Å²) in [6, 6.07) is 3.32. The second kappa shape index (κ2) is 5.81. The van der Waals surface area contributed by atoms with Gasteiger partial charge in [-0.2, -0.15) is 0 Å². The van der Waals surface area contributed by atoms with Crippen LogP contribution in [0.4, 0.5) is 9.18 Å². The summed E-state index contributed by atoms with van der Waals surface area (Å²) in [5.74, 6) is -2.44. The molecule has 1 saturated heterocycles. The highest BCUT2D eigenvalue weighted by atomic mass is 35.5. The Hall–Kier alpha value is -1.95. The van der Waals surface area contributed by atoms with Crippen LogP contribution >= 0.6 is 11.6 Å². The van der Waals surface area contributed by atoms with Crippen molar-refractivity contribution in [2.45, 2.75) is 20.4 Å². The number of nitrogens with zero attached hydrogens (tertiary/aromatic N) is 2. The van der Waals surface area contributed by atoms with Gasteiger partial charge in [0.25, 0.3) is 0 Å². The number of amides is 4. The average molecular weight is 313 g/mol. The molecule has 0 aliphatic carbocycles. The van der Waals surface area contributed by atoms with E-state index in [9.17, 15) is 18.8 Å². The van der Waals surface area contributed by atoms with Gasteiger partial charge >= 0.3 is 17.8 Å². The van der Waals surface area contributed by atoms with E-state index >= 15 is 0 Å². The summed E-state index contributed by atoms with van der Waals surface area (Å²) in [6.07, 6.45) is 0. The van der Waals surface area contributed by atoms with E-state index in [0.717, 1.165) is 9.80 Å². The van der Waals surface area contributed by atoms with Gasteiger partial charge in [0, 0.05) is 17.1 Å². The van der Waals surface area contributed by atoms with Crippen LogP contribution in [0.1, 0.15) is 19.4 Å². The van der Waals surface area contributed by atoms with Gasteiger partial charge in [-0.05, 0) is 18.1 Å². The van der Waals surface area contributed by atoms with E-state index in [1.807, 2.05) is 13.8 Å². The molecular weight excluding hydrogens is 299 g/mol. The summed E-state index contributed by atoms with van der Waals surface area (Å²) in [4.78, 5) is 37.4. The lowest BCUT2D eigenvalue weighted by molar-refractivity contribution is -0.143. The van der Waals surface area contributed by atoms with Crippen LogP contribution in [0.25, 0.3) is 0 Å². The molecule has 1 aromatic rings. The first-order valence-corrected chi connectivity index (χ1v) is 6.81. The van der Waals surface area contributed by atoms with Crippen molar-refractivity contribution in [3.8, 4) is 0 Å². The van der Waals surface area contributed by atoms with Crippen LogP contribution in [-0.4, -0.2) is 34.2 Å². The van der Waals surface area contributed by atoms with Gasteiger partial charge in [0.05, 0.1) is 6.54 Å². The summed E-state index contributed by atoms with van der Waals surface area (Å²) in [5.41, 5.74) is 0.0139. The summed E-state index contributed by atoms with van der Waals surface area (Å²) in [7, 11) is 0. The number of rotatable bonds is 4. The molecule has 2 rings (SSSR count). The molecule has 0 N–H and O–H groups in total. The SMILES string of the molecule is CC(C)CN1C(=O)C(=O)N(Cc2c(F)cccc2Cl)C1=O. The maximum atomic E-state index is 13.7. The number of carbonyl (C=O) groups excluding carboxylic acids is 3. The predicted octanol–water partition coefficient (Wildman–Crippen LogP) is 2.43. The third-order valence-electron chi connectivity index (χ3n) is 3.06. The molecule has 0 radical (unpaired) electrons. The fraction of sp³-hybridized carbons (Fsp3) is 0.357. The van der Waals surface area contributed by atoms with Crippen molar-refractivity contribution in [1.82, 2.24) is 9.80 Å². The molecule has 1 aliphatic rings. The van der Waals surface area contributed by atoms with Crippen molar-refractivity contribution >= 4 is 29.4 Å². The fourth-order valence-electron chi connectivity index (χ4n) is 2.06. The van der Waals surface area contributed by atoms with Crippen LogP contribution in [0.2, 0.25) is 5.02 Å². The number of benzene rings is 1. The molecule has 0 spiro atoms. The van der Waals surface area contributed by atoms with Crippen molar-refractivity contribution in [1.29, 1.82) is 0 Å². The summed E-state index contributed by atoms with van der Waals surface area (Å²) < 4.78 is 13.7. The number of hydrogen-bond acceptors (Lipinski definition) is 3. The van der Waals surface area contributed by atoms with Gasteiger partial charge in [0.1, 0.15) is 5.82 Å². The highest BCUT2D eigenvalue weighted by Crippen LogP contribution is 2.24. The minimum Gasteiger partial charge on any atom is -0.263 e. The van der Waals surface area contributed by atoms with Gasteiger partial charge in [-0.3, -0.25) is 19.4 Å². The number of carbonyl (C=O) groups is 3. The van der Waals surface area contributed by atoms with Gasteiger partial charge in [0.15, 0.2) is 0 Å². The van der Waals surface area contributed by atoms with Crippen molar-refractivity contribution in [3.05, 3.63) is 34.6 Å². The molecule has 1 aliphatic heterocycles. The van der Waals surface area contributed by atoms with Crippen molar-refractivity contribution in [2.75, 3.05) is 6.54 Å². The summed E-state index contributed by atoms with van der Waals surface area (Å²) in [5, 5.41) is 0.102. The molecule has 7 heteroatoms. The lowest BCUT2D eigenvalue weighted by Gasteiger charge is -2.17. The molecule has 0 saturated carbocycles.